The van der Waals surface area contributed by atoms with E-state index in [0.717, 1.165) is 5.56 Å². The average Bonchev–Trinajstić information content (AvgIpc) is 2.41. The third-order valence-corrected chi connectivity index (χ3v) is 2.57. The van der Waals surface area contributed by atoms with Gasteiger partial charge < -0.3 is 15.6 Å². The SMILES string of the molecule is COc1ccc(C(O)Cc2cnccc2N)nn1. The maximum atomic E-state index is 10.0. The first kappa shape index (κ1) is 12.3. The molecule has 0 aliphatic carbocycles. The molecule has 0 aromatic carbocycles. The molecule has 0 amide bonds. The van der Waals surface area contributed by atoms with Crippen LogP contribution in [0.4, 0.5) is 5.69 Å². The van der Waals surface area contributed by atoms with Gasteiger partial charge in [-0.2, -0.15) is 0 Å². The van der Waals surface area contributed by atoms with Crippen LogP contribution in [0.2, 0.25) is 0 Å². The lowest BCUT2D eigenvalue weighted by atomic mass is 10.1. The molecular formula is C12H14N4O2. The van der Waals surface area contributed by atoms with E-state index in [1.54, 1.807) is 30.6 Å². The summed E-state index contributed by atoms with van der Waals surface area (Å²) in [6.45, 7) is 0. The van der Waals surface area contributed by atoms with Gasteiger partial charge in [-0.05, 0) is 17.7 Å². The second-order valence-electron chi connectivity index (χ2n) is 3.79. The van der Waals surface area contributed by atoms with Crippen molar-refractivity contribution in [2.45, 2.75) is 12.5 Å². The summed E-state index contributed by atoms with van der Waals surface area (Å²) in [5.74, 6) is 0.409. The van der Waals surface area contributed by atoms with Crippen LogP contribution in [0.1, 0.15) is 17.4 Å². The zero-order valence-electron chi connectivity index (χ0n) is 9.95. The number of aliphatic hydroxyl groups is 1. The van der Waals surface area contributed by atoms with Crippen molar-refractivity contribution in [3.8, 4) is 5.88 Å². The minimum atomic E-state index is -0.769. The number of nitrogen functional groups attached to an aromatic ring is 1. The normalized spacial score (nSPS) is 12.1. The highest BCUT2D eigenvalue weighted by Crippen LogP contribution is 2.20. The molecule has 0 fully saturated rings. The van der Waals surface area contributed by atoms with Crippen LogP contribution in [-0.4, -0.2) is 27.4 Å². The minimum absolute atomic E-state index is 0.348. The molecule has 0 saturated heterocycles. The van der Waals surface area contributed by atoms with E-state index in [1.165, 1.54) is 7.11 Å². The van der Waals surface area contributed by atoms with Crippen LogP contribution in [0.25, 0.3) is 0 Å². The Balaban J connectivity index is 2.11. The molecule has 2 aromatic rings. The maximum absolute atomic E-state index is 10.0. The van der Waals surface area contributed by atoms with Gasteiger partial charge in [0.1, 0.15) is 6.10 Å². The summed E-state index contributed by atoms with van der Waals surface area (Å²) in [7, 11) is 1.51. The second-order valence-corrected chi connectivity index (χ2v) is 3.79. The number of hydrogen-bond donors (Lipinski definition) is 2. The Morgan fingerprint density at radius 3 is 2.78 bits per heavy atom. The fourth-order valence-corrected chi connectivity index (χ4v) is 1.54. The molecule has 6 heteroatoms. The highest BCUT2D eigenvalue weighted by atomic mass is 16.5. The molecule has 18 heavy (non-hydrogen) atoms. The van der Waals surface area contributed by atoms with E-state index in [0.29, 0.717) is 23.7 Å². The van der Waals surface area contributed by atoms with Gasteiger partial charge >= 0.3 is 0 Å². The summed E-state index contributed by atoms with van der Waals surface area (Å²) in [4.78, 5) is 3.97. The third-order valence-electron chi connectivity index (χ3n) is 2.57. The molecule has 1 atom stereocenters. The fourth-order valence-electron chi connectivity index (χ4n) is 1.54. The lowest BCUT2D eigenvalue weighted by molar-refractivity contribution is 0.172. The van der Waals surface area contributed by atoms with Crippen molar-refractivity contribution in [1.82, 2.24) is 15.2 Å². The predicted octanol–water partition coefficient (Wildman–Crippen LogP) is 0.738. The van der Waals surface area contributed by atoms with Gasteiger partial charge in [-0.1, -0.05) is 0 Å². The summed E-state index contributed by atoms with van der Waals surface area (Å²) in [6.07, 6.45) is 2.82. The topological polar surface area (TPSA) is 94.2 Å². The molecule has 0 saturated carbocycles. The Hall–Kier alpha value is -2.21. The Morgan fingerprint density at radius 1 is 1.33 bits per heavy atom. The summed E-state index contributed by atoms with van der Waals surface area (Å²) >= 11 is 0. The van der Waals surface area contributed by atoms with Crippen LogP contribution in [0.15, 0.2) is 30.6 Å². The molecule has 2 heterocycles. The zero-order chi connectivity index (χ0) is 13.0. The summed E-state index contributed by atoms with van der Waals surface area (Å²) in [5, 5.41) is 17.7. The van der Waals surface area contributed by atoms with Crippen LogP contribution in [0.5, 0.6) is 5.88 Å². The van der Waals surface area contributed by atoms with Crippen LogP contribution in [0, 0.1) is 0 Å². The molecule has 0 spiro atoms. The molecule has 0 aliphatic heterocycles. The molecule has 0 radical (unpaired) electrons. The van der Waals surface area contributed by atoms with Crippen LogP contribution in [-0.2, 0) is 6.42 Å². The van der Waals surface area contributed by atoms with Gasteiger partial charge in [-0.15, -0.1) is 10.2 Å². The van der Waals surface area contributed by atoms with E-state index in [2.05, 4.69) is 15.2 Å². The van der Waals surface area contributed by atoms with Crippen molar-refractivity contribution >= 4 is 5.69 Å². The van der Waals surface area contributed by atoms with Crippen molar-refractivity contribution in [1.29, 1.82) is 0 Å². The number of nitrogens with zero attached hydrogens (tertiary/aromatic N) is 3. The number of rotatable bonds is 4. The molecule has 6 nitrogen and oxygen atoms in total. The first-order valence-electron chi connectivity index (χ1n) is 5.44. The fraction of sp³-hybridized carbons (Fsp3) is 0.250. The standard InChI is InChI=1S/C12H14N4O2/c1-18-12-3-2-10(15-16-12)11(17)6-8-7-14-5-4-9(8)13/h2-5,7,11,17H,6H2,1H3,(H2,13,14). The van der Waals surface area contributed by atoms with Crippen LogP contribution < -0.4 is 10.5 Å². The van der Waals surface area contributed by atoms with Crippen LogP contribution in [0.3, 0.4) is 0 Å². The first-order valence-corrected chi connectivity index (χ1v) is 5.44. The van der Waals surface area contributed by atoms with Gasteiger partial charge in [0.2, 0.25) is 5.88 Å². The number of anilines is 1. The van der Waals surface area contributed by atoms with Gasteiger partial charge in [-0.25, -0.2) is 0 Å². The molecule has 1 unspecified atom stereocenters. The third kappa shape index (κ3) is 2.72. The Labute approximate surface area is 104 Å². The monoisotopic (exact) mass is 246 g/mol. The highest BCUT2D eigenvalue weighted by Gasteiger charge is 2.12. The Bertz CT molecular complexity index is 516. The predicted molar refractivity (Wildman–Crippen MR) is 65.9 cm³/mol. The molecule has 94 valence electrons. The van der Waals surface area contributed by atoms with Gasteiger partial charge in [0, 0.05) is 30.6 Å². The van der Waals surface area contributed by atoms with E-state index in [1.807, 2.05) is 0 Å². The Kier molecular flexibility index (Phi) is 3.69. The quantitative estimate of drug-likeness (QED) is 0.826. The zero-order valence-corrected chi connectivity index (χ0v) is 9.95. The molecule has 0 aliphatic rings. The average molecular weight is 246 g/mol. The van der Waals surface area contributed by atoms with E-state index in [9.17, 15) is 5.11 Å². The van der Waals surface area contributed by atoms with E-state index >= 15 is 0 Å². The summed E-state index contributed by atoms with van der Waals surface area (Å²) in [5.41, 5.74) is 7.64. The van der Waals surface area contributed by atoms with Crippen molar-refractivity contribution in [2.24, 2.45) is 0 Å². The number of ether oxygens (including phenoxy) is 1. The lowest BCUT2D eigenvalue weighted by Crippen LogP contribution is -2.07. The minimum Gasteiger partial charge on any atom is -0.480 e. The van der Waals surface area contributed by atoms with Gasteiger partial charge in [0.25, 0.3) is 0 Å². The number of pyridine rings is 1. The lowest BCUT2D eigenvalue weighted by Gasteiger charge is -2.11. The van der Waals surface area contributed by atoms with Gasteiger partial charge in [-0.3, -0.25) is 4.98 Å². The maximum Gasteiger partial charge on any atom is 0.233 e. The van der Waals surface area contributed by atoms with Crippen molar-refractivity contribution in [2.75, 3.05) is 12.8 Å². The van der Waals surface area contributed by atoms with Crippen molar-refractivity contribution < 1.29 is 9.84 Å². The summed E-state index contributed by atoms with van der Waals surface area (Å²) in [6, 6.07) is 5.02. The number of nitrogens with two attached hydrogens (primary N) is 1. The Morgan fingerprint density at radius 2 is 2.17 bits per heavy atom. The number of methoxy groups -OCH3 is 1. The smallest absolute Gasteiger partial charge is 0.233 e. The van der Waals surface area contributed by atoms with Gasteiger partial charge in [0.15, 0.2) is 0 Å². The van der Waals surface area contributed by atoms with E-state index in [4.69, 9.17) is 10.5 Å². The number of aliphatic hydroxyl groups excluding tert-OH is 1. The van der Waals surface area contributed by atoms with Crippen molar-refractivity contribution in [3.05, 3.63) is 41.9 Å². The van der Waals surface area contributed by atoms with Gasteiger partial charge in [0.05, 0.1) is 12.8 Å². The molecule has 3 N–H and O–H groups in total. The second kappa shape index (κ2) is 5.42. The molecular weight excluding hydrogens is 232 g/mol. The molecule has 0 bridgehead atoms. The molecule has 2 rings (SSSR count). The number of aromatic nitrogens is 3. The van der Waals surface area contributed by atoms with Crippen molar-refractivity contribution in [3.63, 3.8) is 0 Å². The summed E-state index contributed by atoms with van der Waals surface area (Å²) < 4.78 is 4.90. The first-order chi connectivity index (χ1) is 8.70. The molecule has 2 aromatic heterocycles. The van der Waals surface area contributed by atoms with E-state index in [-0.39, 0.29) is 0 Å². The van der Waals surface area contributed by atoms with Crippen LogP contribution >= 0.6 is 0 Å². The number of hydrogen-bond acceptors (Lipinski definition) is 6. The van der Waals surface area contributed by atoms with E-state index < -0.39 is 6.10 Å². The highest BCUT2D eigenvalue weighted by molar-refractivity contribution is 5.44. The largest absolute Gasteiger partial charge is 0.480 e.